The summed E-state index contributed by atoms with van der Waals surface area (Å²) in [6, 6.07) is 1.59. The lowest BCUT2D eigenvalue weighted by molar-refractivity contribution is -0.143. The maximum atomic E-state index is 11.3. The lowest BCUT2D eigenvalue weighted by Crippen LogP contribution is -2.29. The minimum absolute atomic E-state index is 0.214. The Bertz CT molecular complexity index is 298. The fraction of sp³-hybridized carbons (Fsp3) is 0.444. The van der Waals surface area contributed by atoms with Gasteiger partial charge in [0.25, 0.3) is 0 Å². The lowest BCUT2D eigenvalue weighted by Gasteiger charge is -2.08. The molecule has 1 N–H and O–H groups in total. The molecule has 0 fully saturated rings. The van der Waals surface area contributed by atoms with Crippen LogP contribution < -0.4 is 5.32 Å². The van der Waals surface area contributed by atoms with Gasteiger partial charge in [-0.2, -0.15) is 0 Å². The number of furan rings is 1. The third kappa shape index (κ3) is 1.39. The average Bonchev–Trinajstić information content (AvgIpc) is 2.61. The number of fused-ring (bicyclic) bond motifs is 1. The maximum Gasteiger partial charge on any atom is 0.328 e. The van der Waals surface area contributed by atoms with Crippen molar-refractivity contribution in [1.82, 2.24) is 0 Å². The molecule has 0 aliphatic carbocycles. The molecule has 13 heavy (non-hydrogen) atoms. The van der Waals surface area contributed by atoms with Crippen LogP contribution in [0, 0.1) is 0 Å². The summed E-state index contributed by atoms with van der Waals surface area (Å²) in [4.78, 5) is 11.3. The Labute approximate surface area is 75.9 Å². The fourth-order valence-electron chi connectivity index (χ4n) is 1.44. The molecule has 0 amide bonds. The van der Waals surface area contributed by atoms with E-state index in [1.165, 1.54) is 0 Å². The molecular weight excluding hydrogens is 170 g/mol. The molecule has 4 heteroatoms. The zero-order chi connectivity index (χ0) is 9.26. The van der Waals surface area contributed by atoms with Gasteiger partial charge in [-0.05, 0) is 13.0 Å². The molecule has 2 rings (SSSR count). The van der Waals surface area contributed by atoms with E-state index in [2.05, 4.69) is 5.32 Å². The molecule has 0 radical (unpaired) electrons. The number of rotatable bonds is 2. The molecule has 1 aliphatic rings. The van der Waals surface area contributed by atoms with Crippen LogP contribution in [0.4, 0.5) is 5.88 Å². The van der Waals surface area contributed by atoms with Gasteiger partial charge < -0.3 is 14.5 Å². The van der Waals surface area contributed by atoms with Crippen LogP contribution in [0.2, 0.25) is 0 Å². The second kappa shape index (κ2) is 3.12. The van der Waals surface area contributed by atoms with Gasteiger partial charge in [-0.3, -0.25) is 0 Å². The van der Waals surface area contributed by atoms with Gasteiger partial charge in [0.1, 0.15) is 6.04 Å². The minimum Gasteiger partial charge on any atom is -0.464 e. The first kappa shape index (κ1) is 8.16. The summed E-state index contributed by atoms with van der Waals surface area (Å²) in [5.74, 6) is 0.479. The van der Waals surface area contributed by atoms with E-state index in [1.54, 1.807) is 13.2 Å². The number of esters is 1. The molecule has 1 atom stereocenters. The first-order valence-electron chi connectivity index (χ1n) is 4.31. The van der Waals surface area contributed by atoms with Gasteiger partial charge in [-0.1, -0.05) is 0 Å². The molecule has 1 aliphatic heterocycles. The molecular formula is C9H11NO3. The van der Waals surface area contributed by atoms with Crippen LogP contribution in [-0.2, 0) is 16.0 Å². The number of carbonyl (C=O) groups is 1. The second-order valence-corrected chi connectivity index (χ2v) is 2.93. The van der Waals surface area contributed by atoms with Crippen LogP contribution in [0.3, 0.4) is 0 Å². The van der Waals surface area contributed by atoms with E-state index in [9.17, 15) is 4.79 Å². The summed E-state index contributed by atoms with van der Waals surface area (Å²) in [5, 5.41) is 2.96. The number of hydrogen-bond acceptors (Lipinski definition) is 4. The Morgan fingerprint density at radius 2 is 2.69 bits per heavy atom. The summed E-state index contributed by atoms with van der Waals surface area (Å²) in [6.45, 7) is 2.21. The Hall–Kier alpha value is -1.45. The van der Waals surface area contributed by atoms with E-state index >= 15 is 0 Å². The van der Waals surface area contributed by atoms with Gasteiger partial charge in [0, 0.05) is 12.0 Å². The fourth-order valence-corrected chi connectivity index (χ4v) is 1.44. The Kier molecular flexibility index (Phi) is 1.96. The molecule has 0 spiro atoms. The first-order valence-corrected chi connectivity index (χ1v) is 4.31. The summed E-state index contributed by atoms with van der Waals surface area (Å²) in [5.41, 5.74) is 1.04. The van der Waals surface area contributed by atoms with Crippen molar-refractivity contribution in [2.45, 2.75) is 19.4 Å². The summed E-state index contributed by atoms with van der Waals surface area (Å²) >= 11 is 0. The standard InChI is InChI=1S/C9H11NO3/c1-2-12-9(11)7-5-6-3-4-13-8(6)10-7/h3-4,7,10H,2,5H2,1H3. The van der Waals surface area contributed by atoms with Crippen molar-refractivity contribution in [3.8, 4) is 0 Å². The Morgan fingerprint density at radius 3 is 3.38 bits per heavy atom. The van der Waals surface area contributed by atoms with Crippen molar-refractivity contribution in [3.63, 3.8) is 0 Å². The summed E-state index contributed by atoms with van der Waals surface area (Å²) < 4.78 is 10.00. The molecule has 0 aromatic carbocycles. The highest BCUT2D eigenvalue weighted by atomic mass is 16.5. The molecule has 70 valence electrons. The van der Waals surface area contributed by atoms with Crippen LogP contribution in [0.5, 0.6) is 0 Å². The third-order valence-electron chi connectivity index (χ3n) is 2.05. The Morgan fingerprint density at radius 1 is 1.85 bits per heavy atom. The highest BCUT2D eigenvalue weighted by molar-refractivity contribution is 5.81. The largest absolute Gasteiger partial charge is 0.464 e. The molecule has 4 nitrogen and oxygen atoms in total. The zero-order valence-corrected chi connectivity index (χ0v) is 7.37. The van der Waals surface area contributed by atoms with Gasteiger partial charge in [-0.25, -0.2) is 4.79 Å². The van der Waals surface area contributed by atoms with Crippen LogP contribution in [0.25, 0.3) is 0 Å². The van der Waals surface area contributed by atoms with E-state index in [1.807, 2.05) is 6.07 Å². The normalized spacial score (nSPS) is 19.3. The van der Waals surface area contributed by atoms with Crippen LogP contribution in [0.15, 0.2) is 16.7 Å². The SMILES string of the molecule is CCOC(=O)C1Cc2ccoc2N1. The van der Waals surface area contributed by atoms with Gasteiger partial charge in [0.2, 0.25) is 0 Å². The van der Waals surface area contributed by atoms with E-state index in [-0.39, 0.29) is 12.0 Å². The van der Waals surface area contributed by atoms with Crippen molar-refractivity contribution in [1.29, 1.82) is 0 Å². The maximum absolute atomic E-state index is 11.3. The monoisotopic (exact) mass is 181 g/mol. The van der Waals surface area contributed by atoms with E-state index < -0.39 is 0 Å². The minimum atomic E-state index is -0.269. The van der Waals surface area contributed by atoms with E-state index in [4.69, 9.17) is 9.15 Å². The molecule has 1 aromatic heterocycles. The van der Waals surface area contributed by atoms with Crippen molar-refractivity contribution < 1.29 is 13.9 Å². The quantitative estimate of drug-likeness (QED) is 0.696. The van der Waals surface area contributed by atoms with E-state index in [0.717, 1.165) is 5.56 Å². The number of carbonyl (C=O) groups excluding carboxylic acids is 1. The van der Waals surface area contributed by atoms with Crippen molar-refractivity contribution in [3.05, 3.63) is 17.9 Å². The van der Waals surface area contributed by atoms with Gasteiger partial charge in [0.15, 0.2) is 5.88 Å². The highest BCUT2D eigenvalue weighted by Crippen LogP contribution is 2.26. The number of ether oxygens (including phenoxy) is 1. The molecule has 1 unspecified atom stereocenters. The predicted octanol–water partition coefficient (Wildman–Crippen LogP) is 1.18. The zero-order valence-electron chi connectivity index (χ0n) is 7.37. The Balaban J connectivity index is 2.01. The molecule has 0 bridgehead atoms. The molecule has 0 saturated heterocycles. The van der Waals surface area contributed by atoms with Crippen LogP contribution in [0.1, 0.15) is 12.5 Å². The number of nitrogens with one attached hydrogen (secondary N) is 1. The highest BCUT2D eigenvalue weighted by Gasteiger charge is 2.29. The van der Waals surface area contributed by atoms with E-state index in [0.29, 0.717) is 18.9 Å². The molecule has 1 aromatic rings. The topological polar surface area (TPSA) is 51.5 Å². The molecule has 0 saturated carbocycles. The van der Waals surface area contributed by atoms with Crippen LogP contribution in [-0.4, -0.2) is 18.6 Å². The average molecular weight is 181 g/mol. The number of anilines is 1. The lowest BCUT2D eigenvalue weighted by atomic mass is 10.2. The van der Waals surface area contributed by atoms with Gasteiger partial charge >= 0.3 is 5.97 Å². The first-order chi connectivity index (χ1) is 6.31. The summed E-state index contributed by atoms with van der Waals surface area (Å²) in [7, 11) is 0. The summed E-state index contributed by atoms with van der Waals surface area (Å²) in [6.07, 6.45) is 2.27. The predicted molar refractivity (Wildman–Crippen MR) is 46.5 cm³/mol. The van der Waals surface area contributed by atoms with Crippen molar-refractivity contribution in [2.24, 2.45) is 0 Å². The number of hydrogen-bond donors (Lipinski definition) is 1. The van der Waals surface area contributed by atoms with Gasteiger partial charge in [-0.15, -0.1) is 0 Å². The smallest absolute Gasteiger partial charge is 0.328 e. The van der Waals surface area contributed by atoms with Crippen LogP contribution >= 0.6 is 0 Å². The van der Waals surface area contributed by atoms with Gasteiger partial charge in [0.05, 0.1) is 12.9 Å². The van der Waals surface area contributed by atoms with Crippen molar-refractivity contribution >= 4 is 11.9 Å². The van der Waals surface area contributed by atoms with Crippen molar-refractivity contribution in [2.75, 3.05) is 11.9 Å². The second-order valence-electron chi connectivity index (χ2n) is 2.93. The third-order valence-corrected chi connectivity index (χ3v) is 2.05. The molecule has 2 heterocycles.